The second-order valence-corrected chi connectivity index (χ2v) is 11.1. The predicted octanol–water partition coefficient (Wildman–Crippen LogP) is 2.21. The monoisotopic (exact) mass is 467 g/mol. The summed E-state index contributed by atoms with van der Waals surface area (Å²) in [5.74, 6) is 6.42. The van der Waals surface area contributed by atoms with Crippen LogP contribution in [-0.2, 0) is 10.0 Å². The molecule has 176 valence electrons. The first kappa shape index (κ1) is 23.9. The topological polar surface area (TPSA) is 64.1 Å². The zero-order chi connectivity index (χ0) is 23.4. The van der Waals surface area contributed by atoms with Gasteiger partial charge in [-0.1, -0.05) is 42.2 Å². The molecule has 3 atom stereocenters. The average Bonchev–Trinajstić information content (AvgIpc) is 2.79. The molecule has 4 rings (SSSR count). The van der Waals surface area contributed by atoms with Crippen LogP contribution >= 0.6 is 0 Å². The first-order valence-corrected chi connectivity index (χ1v) is 13.0. The normalized spacial score (nSPS) is 24.2. The molecule has 0 amide bonds. The van der Waals surface area contributed by atoms with Gasteiger partial charge in [0.1, 0.15) is 0 Å². The van der Waals surface area contributed by atoms with Crippen LogP contribution in [-0.4, -0.2) is 86.6 Å². The van der Waals surface area contributed by atoms with E-state index in [4.69, 9.17) is 0 Å². The summed E-state index contributed by atoms with van der Waals surface area (Å²) in [5.41, 5.74) is 2.09. The minimum atomic E-state index is -3.56. The molecule has 0 aliphatic carbocycles. The summed E-state index contributed by atoms with van der Waals surface area (Å²) in [6.07, 6.45) is 1.74. The predicted molar refractivity (Wildman–Crippen MR) is 130 cm³/mol. The van der Waals surface area contributed by atoms with Crippen molar-refractivity contribution in [3.05, 3.63) is 65.7 Å². The van der Waals surface area contributed by atoms with Gasteiger partial charge >= 0.3 is 0 Å². The SMILES string of the molecule is CN(C)CC#Cc1ccc([C@H]2[C@@H](CO)N3CCCCN(S(=O)(=O)c4ccccc4)C[C@@H]23)cc1. The lowest BCUT2D eigenvalue weighted by molar-refractivity contribution is -0.0553. The quantitative estimate of drug-likeness (QED) is 0.684. The van der Waals surface area contributed by atoms with Crippen LogP contribution < -0.4 is 0 Å². The van der Waals surface area contributed by atoms with Gasteiger partial charge in [0.2, 0.25) is 10.0 Å². The van der Waals surface area contributed by atoms with Crippen LogP contribution in [0, 0.1) is 11.8 Å². The summed E-state index contributed by atoms with van der Waals surface area (Å²) in [5, 5.41) is 10.1. The third kappa shape index (κ3) is 5.16. The molecule has 2 saturated heterocycles. The van der Waals surface area contributed by atoms with E-state index in [1.165, 1.54) is 0 Å². The molecule has 2 aromatic carbocycles. The highest BCUT2D eigenvalue weighted by atomic mass is 32.2. The third-order valence-corrected chi connectivity index (χ3v) is 8.52. The summed E-state index contributed by atoms with van der Waals surface area (Å²) >= 11 is 0. The van der Waals surface area contributed by atoms with Crippen molar-refractivity contribution in [3.63, 3.8) is 0 Å². The van der Waals surface area contributed by atoms with Crippen LogP contribution in [0.5, 0.6) is 0 Å². The number of aliphatic hydroxyl groups is 1. The van der Waals surface area contributed by atoms with E-state index < -0.39 is 10.0 Å². The largest absolute Gasteiger partial charge is 0.395 e. The fraction of sp³-hybridized carbons (Fsp3) is 0.462. The maximum absolute atomic E-state index is 13.4. The maximum Gasteiger partial charge on any atom is 0.243 e. The standard InChI is InChI=1S/C26H33N3O3S/c1-27(2)16-8-9-21-12-14-22(15-13-21)26-24-19-28(17-6-7-18-29(24)25(26)20-30)33(31,32)23-10-4-3-5-11-23/h3-5,10-15,24-26,30H,6-7,16-20H2,1-2H3/t24-,25+,26+/m0/s1. The van der Waals surface area contributed by atoms with Crippen molar-refractivity contribution in [3.8, 4) is 11.8 Å². The summed E-state index contributed by atoms with van der Waals surface area (Å²) in [4.78, 5) is 4.66. The molecular weight excluding hydrogens is 434 g/mol. The molecule has 0 spiro atoms. The summed E-state index contributed by atoms with van der Waals surface area (Å²) in [6.45, 7) is 2.62. The molecule has 2 aliphatic rings. The number of sulfonamides is 1. The second kappa shape index (κ2) is 10.4. The van der Waals surface area contributed by atoms with Crippen LogP contribution in [0.1, 0.15) is 29.9 Å². The lowest BCUT2D eigenvalue weighted by Gasteiger charge is -2.57. The van der Waals surface area contributed by atoms with Gasteiger partial charge in [-0.05, 0) is 63.3 Å². The minimum Gasteiger partial charge on any atom is -0.395 e. The van der Waals surface area contributed by atoms with E-state index in [0.29, 0.717) is 24.5 Å². The number of aliphatic hydroxyl groups excluding tert-OH is 1. The molecule has 2 fully saturated rings. The van der Waals surface area contributed by atoms with E-state index in [2.05, 4.69) is 28.9 Å². The van der Waals surface area contributed by atoms with Gasteiger partial charge in [-0.15, -0.1) is 0 Å². The number of nitrogens with zero attached hydrogens (tertiary/aromatic N) is 3. The van der Waals surface area contributed by atoms with E-state index in [1.54, 1.807) is 28.6 Å². The van der Waals surface area contributed by atoms with Crippen LogP contribution in [0.2, 0.25) is 0 Å². The average molecular weight is 468 g/mol. The molecular formula is C26H33N3O3S. The first-order chi connectivity index (χ1) is 15.9. The summed E-state index contributed by atoms with van der Waals surface area (Å²) in [7, 11) is 0.427. The molecule has 0 radical (unpaired) electrons. The molecule has 6 nitrogen and oxygen atoms in total. The van der Waals surface area contributed by atoms with Gasteiger partial charge in [-0.2, -0.15) is 4.31 Å². The van der Waals surface area contributed by atoms with Crippen molar-refractivity contribution in [1.82, 2.24) is 14.1 Å². The Morgan fingerprint density at radius 1 is 1.03 bits per heavy atom. The Morgan fingerprint density at radius 2 is 1.73 bits per heavy atom. The number of hydrogen-bond donors (Lipinski definition) is 1. The molecule has 7 heteroatoms. The third-order valence-electron chi connectivity index (χ3n) is 6.64. The van der Waals surface area contributed by atoms with Crippen molar-refractivity contribution < 1.29 is 13.5 Å². The van der Waals surface area contributed by atoms with Gasteiger partial charge in [-0.3, -0.25) is 9.80 Å². The van der Waals surface area contributed by atoms with Gasteiger partial charge in [0.15, 0.2) is 0 Å². The number of benzene rings is 2. The van der Waals surface area contributed by atoms with Crippen molar-refractivity contribution in [2.45, 2.75) is 35.7 Å². The zero-order valence-corrected chi connectivity index (χ0v) is 20.2. The Hall–Kier alpha value is -2.21. The maximum atomic E-state index is 13.4. The van der Waals surface area contributed by atoms with Gasteiger partial charge in [0.25, 0.3) is 0 Å². The van der Waals surface area contributed by atoms with E-state index in [1.807, 2.05) is 37.2 Å². The highest BCUT2D eigenvalue weighted by Gasteiger charge is 2.50. The van der Waals surface area contributed by atoms with Crippen molar-refractivity contribution in [2.75, 3.05) is 46.9 Å². The fourth-order valence-corrected chi connectivity index (χ4v) is 6.47. The zero-order valence-electron chi connectivity index (χ0n) is 19.4. The number of rotatable bonds is 5. The molecule has 0 unspecified atom stereocenters. The van der Waals surface area contributed by atoms with Gasteiger partial charge in [0, 0.05) is 36.7 Å². The Labute approximate surface area is 197 Å². The lowest BCUT2D eigenvalue weighted by Crippen LogP contribution is -2.67. The minimum absolute atomic E-state index is 0.0139. The molecule has 2 heterocycles. The van der Waals surface area contributed by atoms with Gasteiger partial charge < -0.3 is 5.11 Å². The highest BCUT2D eigenvalue weighted by molar-refractivity contribution is 7.89. The highest BCUT2D eigenvalue weighted by Crippen LogP contribution is 2.42. The van der Waals surface area contributed by atoms with Crippen LogP contribution in [0.25, 0.3) is 0 Å². The van der Waals surface area contributed by atoms with Crippen molar-refractivity contribution in [2.24, 2.45) is 0 Å². The Balaban J connectivity index is 1.57. The van der Waals surface area contributed by atoms with Crippen LogP contribution in [0.3, 0.4) is 0 Å². The molecule has 0 aromatic heterocycles. The summed E-state index contributed by atoms with van der Waals surface area (Å²) in [6, 6.07) is 17.0. The second-order valence-electron chi connectivity index (χ2n) is 9.13. The van der Waals surface area contributed by atoms with E-state index >= 15 is 0 Å². The van der Waals surface area contributed by atoms with Crippen molar-refractivity contribution >= 4 is 10.0 Å². The smallest absolute Gasteiger partial charge is 0.243 e. The Kier molecular flexibility index (Phi) is 7.52. The molecule has 0 saturated carbocycles. The number of hydrogen-bond acceptors (Lipinski definition) is 5. The molecule has 0 bridgehead atoms. The number of fused-ring (bicyclic) bond motifs is 1. The van der Waals surface area contributed by atoms with E-state index in [9.17, 15) is 13.5 Å². The first-order valence-electron chi connectivity index (χ1n) is 11.6. The van der Waals surface area contributed by atoms with E-state index in [-0.39, 0.29) is 24.6 Å². The van der Waals surface area contributed by atoms with Gasteiger partial charge in [-0.25, -0.2) is 8.42 Å². The summed E-state index contributed by atoms with van der Waals surface area (Å²) < 4.78 is 28.3. The van der Waals surface area contributed by atoms with Crippen LogP contribution in [0.15, 0.2) is 59.5 Å². The fourth-order valence-electron chi connectivity index (χ4n) is 4.96. The lowest BCUT2D eigenvalue weighted by atomic mass is 9.74. The molecule has 2 aromatic rings. The Bertz CT molecular complexity index is 1090. The van der Waals surface area contributed by atoms with E-state index in [0.717, 1.165) is 30.5 Å². The molecule has 33 heavy (non-hydrogen) atoms. The van der Waals surface area contributed by atoms with Gasteiger partial charge in [0.05, 0.1) is 18.0 Å². The van der Waals surface area contributed by atoms with Crippen molar-refractivity contribution in [1.29, 1.82) is 0 Å². The van der Waals surface area contributed by atoms with Crippen LogP contribution in [0.4, 0.5) is 0 Å². The Morgan fingerprint density at radius 3 is 2.39 bits per heavy atom. The molecule has 2 aliphatic heterocycles. The molecule has 1 N–H and O–H groups in total.